The van der Waals surface area contributed by atoms with Gasteiger partial charge in [-0.1, -0.05) is 26.2 Å². The lowest BCUT2D eigenvalue weighted by Gasteiger charge is -2.32. The van der Waals surface area contributed by atoms with E-state index in [1.54, 1.807) is 0 Å². The van der Waals surface area contributed by atoms with Crippen molar-refractivity contribution in [3.63, 3.8) is 0 Å². The van der Waals surface area contributed by atoms with Crippen molar-refractivity contribution >= 4 is 5.91 Å². The van der Waals surface area contributed by atoms with Crippen molar-refractivity contribution in [1.82, 2.24) is 10.6 Å². The van der Waals surface area contributed by atoms with Crippen LogP contribution in [0.1, 0.15) is 58.3 Å². The summed E-state index contributed by atoms with van der Waals surface area (Å²) in [5, 5.41) is 6.80. The van der Waals surface area contributed by atoms with Gasteiger partial charge in [-0.2, -0.15) is 0 Å². The molecule has 3 atom stereocenters. The van der Waals surface area contributed by atoms with Gasteiger partial charge in [-0.3, -0.25) is 4.79 Å². The Kier molecular flexibility index (Phi) is 3.84. The molecule has 3 nitrogen and oxygen atoms in total. The highest BCUT2D eigenvalue weighted by atomic mass is 16.2. The summed E-state index contributed by atoms with van der Waals surface area (Å²) in [4.78, 5) is 12.5. The van der Waals surface area contributed by atoms with E-state index in [2.05, 4.69) is 17.6 Å². The molecule has 1 spiro atoms. The molecule has 0 bridgehead atoms. The highest BCUT2D eigenvalue weighted by Crippen LogP contribution is 2.58. The maximum Gasteiger partial charge on any atom is 0.223 e. The Morgan fingerprint density at radius 2 is 2.00 bits per heavy atom. The van der Waals surface area contributed by atoms with E-state index in [1.165, 1.54) is 44.9 Å². The van der Waals surface area contributed by atoms with Crippen LogP contribution < -0.4 is 10.6 Å². The first-order chi connectivity index (χ1) is 9.25. The van der Waals surface area contributed by atoms with Gasteiger partial charge in [0, 0.05) is 12.0 Å². The number of hydrogen-bond donors (Lipinski definition) is 2. The number of nitrogens with one attached hydrogen (secondary N) is 2. The lowest BCUT2D eigenvalue weighted by atomic mass is 9.82. The molecule has 3 aliphatic rings. The average Bonchev–Trinajstić information content (AvgIpc) is 3.14. The van der Waals surface area contributed by atoms with E-state index < -0.39 is 0 Å². The normalized spacial score (nSPS) is 37.0. The highest BCUT2D eigenvalue weighted by Gasteiger charge is 2.57. The van der Waals surface area contributed by atoms with Gasteiger partial charge in [0.1, 0.15) is 0 Å². The van der Waals surface area contributed by atoms with Crippen molar-refractivity contribution in [3.05, 3.63) is 0 Å². The third-order valence-corrected chi connectivity index (χ3v) is 5.87. The molecule has 3 rings (SSSR count). The molecule has 3 unspecified atom stereocenters. The number of hydrogen-bond acceptors (Lipinski definition) is 2. The van der Waals surface area contributed by atoms with E-state index in [1.807, 2.05) is 0 Å². The molecule has 2 saturated carbocycles. The number of rotatable bonds is 3. The van der Waals surface area contributed by atoms with Crippen LogP contribution in [0, 0.1) is 17.3 Å². The van der Waals surface area contributed by atoms with Crippen LogP contribution >= 0.6 is 0 Å². The Morgan fingerprint density at radius 1 is 1.26 bits per heavy atom. The summed E-state index contributed by atoms with van der Waals surface area (Å²) in [6, 6.07) is 0.464. The molecule has 0 aromatic rings. The topological polar surface area (TPSA) is 41.1 Å². The first kappa shape index (κ1) is 13.4. The minimum atomic E-state index is 0.328. The van der Waals surface area contributed by atoms with Gasteiger partial charge >= 0.3 is 0 Å². The molecule has 2 aliphatic carbocycles. The largest absolute Gasteiger partial charge is 0.353 e. The van der Waals surface area contributed by atoms with Crippen LogP contribution in [-0.4, -0.2) is 25.0 Å². The lowest BCUT2D eigenvalue weighted by molar-refractivity contribution is -0.124. The standard InChI is InChI=1S/C16H28N2O/c1-2-12-5-3-4-6-14(12)18-15(19)13-11-16(13)7-9-17-10-8-16/h12-14,17H,2-11H2,1H3,(H,18,19). The molecule has 19 heavy (non-hydrogen) atoms. The Hall–Kier alpha value is -0.570. The van der Waals surface area contributed by atoms with Gasteiger partial charge in [0.25, 0.3) is 0 Å². The zero-order chi connectivity index (χ0) is 13.3. The second kappa shape index (κ2) is 5.43. The Labute approximate surface area is 116 Å². The van der Waals surface area contributed by atoms with E-state index in [9.17, 15) is 4.79 Å². The average molecular weight is 264 g/mol. The Bertz CT molecular complexity index is 336. The SMILES string of the molecule is CCC1CCCCC1NC(=O)C1CC12CCNCC2. The molecular weight excluding hydrogens is 236 g/mol. The number of carbonyl (C=O) groups excluding carboxylic acids is 1. The summed E-state index contributed by atoms with van der Waals surface area (Å²) in [5.41, 5.74) is 0.381. The molecule has 1 heterocycles. The van der Waals surface area contributed by atoms with Crippen LogP contribution in [0.4, 0.5) is 0 Å². The van der Waals surface area contributed by atoms with Gasteiger partial charge in [0.15, 0.2) is 0 Å². The quantitative estimate of drug-likeness (QED) is 0.822. The van der Waals surface area contributed by atoms with Crippen LogP contribution in [0.2, 0.25) is 0 Å². The van der Waals surface area contributed by atoms with Gasteiger partial charge in [0.05, 0.1) is 0 Å². The van der Waals surface area contributed by atoms with Crippen molar-refractivity contribution in [1.29, 1.82) is 0 Å². The molecule has 108 valence electrons. The van der Waals surface area contributed by atoms with E-state index in [0.29, 0.717) is 23.3 Å². The fourth-order valence-corrected chi connectivity index (χ4v) is 4.37. The minimum Gasteiger partial charge on any atom is -0.353 e. The van der Waals surface area contributed by atoms with Crippen LogP contribution in [0.3, 0.4) is 0 Å². The Morgan fingerprint density at radius 3 is 2.74 bits per heavy atom. The van der Waals surface area contributed by atoms with Crippen molar-refractivity contribution in [2.45, 2.75) is 64.3 Å². The number of piperidine rings is 1. The van der Waals surface area contributed by atoms with E-state index in [0.717, 1.165) is 25.4 Å². The highest BCUT2D eigenvalue weighted by molar-refractivity contribution is 5.83. The molecule has 1 saturated heterocycles. The lowest BCUT2D eigenvalue weighted by Crippen LogP contribution is -2.43. The molecular formula is C16H28N2O. The first-order valence-corrected chi connectivity index (χ1v) is 8.26. The fourth-order valence-electron chi connectivity index (χ4n) is 4.37. The summed E-state index contributed by atoms with van der Waals surface area (Å²) in [6.07, 6.45) is 9.91. The summed E-state index contributed by atoms with van der Waals surface area (Å²) in [6.45, 7) is 4.47. The third kappa shape index (κ3) is 2.67. The van der Waals surface area contributed by atoms with Crippen LogP contribution in [-0.2, 0) is 4.79 Å². The second-order valence-corrected chi connectivity index (χ2v) is 6.94. The Balaban J connectivity index is 1.54. The van der Waals surface area contributed by atoms with Gasteiger partial charge in [0.2, 0.25) is 5.91 Å². The molecule has 1 amide bonds. The number of carbonyl (C=O) groups is 1. The first-order valence-electron chi connectivity index (χ1n) is 8.26. The summed E-state index contributed by atoms with van der Waals surface area (Å²) in [7, 11) is 0. The zero-order valence-electron chi connectivity index (χ0n) is 12.2. The third-order valence-electron chi connectivity index (χ3n) is 5.87. The molecule has 1 aliphatic heterocycles. The van der Waals surface area contributed by atoms with E-state index in [4.69, 9.17) is 0 Å². The molecule has 2 N–H and O–H groups in total. The fraction of sp³-hybridized carbons (Fsp3) is 0.938. The summed E-state index contributed by atoms with van der Waals surface area (Å²) in [5.74, 6) is 1.42. The minimum absolute atomic E-state index is 0.328. The predicted molar refractivity (Wildman–Crippen MR) is 76.8 cm³/mol. The van der Waals surface area contributed by atoms with Crippen molar-refractivity contribution in [2.75, 3.05) is 13.1 Å². The molecule has 3 heteroatoms. The van der Waals surface area contributed by atoms with Gasteiger partial charge in [-0.25, -0.2) is 0 Å². The van der Waals surface area contributed by atoms with Gasteiger partial charge in [-0.05, 0) is 56.5 Å². The van der Waals surface area contributed by atoms with E-state index in [-0.39, 0.29) is 0 Å². The smallest absolute Gasteiger partial charge is 0.223 e. The van der Waals surface area contributed by atoms with Crippen LogP contribution in [0.15, 0.2) is 0 Å². The van der Waals surface area contributed by atoms with Gasteiger partial charge < -0.3 is 10.6 Å². The van der Waals surface area contributed by atoms with Crippen molar-refractivity contribution in [2.24, 2.45) is 17.3 Å². The summed E-state index contributed by atoms with van der Waals surface area (Å²) < 4.78 is 0. The summed E-state index contributed by atoms with van der Waals surface area (Å²) >= 11 is 0. The zero-order valence-corrected chi connectivity index (χ0v) is 12.2. The molecule has 0 aromatic heterocycles. The molecule has 0 aromatic carbocycles. The van der Waals surface area contributed by atoms with E-state index >= 15 is 0 Å². The van der Waals surface area contributed by atoms with Crippen molar-refractivity contribution in [3.8, 4) is 0 Å². The van der Waals surface area contributed by atoms with Gasteiger partial charge in [-0.15, -0.1) is 0 Å². The monoisotopic (exact) mass is 264 g/mol. The number of amides is 1. The van der Waals surface area contributed by atoms with Crippen LogP contribution in [0.25, 0.3) is 0 Å². The molecule has 0 radical (unpaired) electrons. The molecule has 3 fully saturated rings. The van der Waals surface area contributed by atoms with Crippen LogP contribution in [0.5, 0.6) is 0 Å². The second-order valence-electron chi connectivity index (χ2n) is 6.94. The maximum absolute atomic E-state index is 12.5. The predicted octanol–water partition coefficient (Wildman–Crippen LogP) is 2.46. The maximum atomic E-state index is 12.5. The van der Waals surface area contributed by atoms with Crippen molar-refractivity contribution < 1.29 is 4.79 Å².